The lowest BCUT2D eigenvalue weighted by Crippen LogP contribution is -2.19. The molecule has 0 saturated heterocycles. The summed E-state index contributed by atoms with van der Waals surface area (Å²) in [5.74, 6) is -0.170. The maximum atomic E-state index is 11.3. The number of aromatic nitrogens is 1. The number of aryl methyl sites for hydroxylation is 2. The summed E-state index contributed by atoms with van der Waals surface area (Å²) in [5.41, 5.74) is 3.58. The molecule has 0 N–H and O–H groups in total. The van der Waals surface area contributed by atoms with Crippen molar-refractivity contribution in [2.75, 3.05) is 13.2 Å². The Morgan fingerprint density at radius 1 is 1.40 bits per heavy atom. The Hall–Kier alpha value is -1.46. The molecular formula is C15H20N2O2S. The Balaban J connectivity index is 2.62. The number of hydrogen-bond acceptors (Lipinski definition) is 3. The van der Waals surface area contributed by atoms with E-state index in [0.717, 1.165) is 10.3 Å². The molecule has 0 fully saturated rings. The van der Waals surface area contributed by atoms with Gasteiger partial charge < -0.3 is 9.30 Å². The van der Waals surface area contributed by atoms with Crippen LogP contribution in [0.2, 0.25) is 0 Å². The van der Waals surface area contributed by atoms with E-state index < -0.39 is 0 Å². The van der Waals surface area contributed by atoms with Gasteiger partial charge in [0.1, 0.15) is 0 Å². The number of nitrogens with zero attached hydrogens (tertiary/aromatic N) is 2. The molecule has 20 heavy (non-hydrogen) atoms. The lowest BCUT2D eigenvalue weighted by atomic mass is 10.1. The predicted molar refractivity (Wildman–Crippen MR) is 82.0 cm³/mol. The van der Waals surface area contributed by atoms with Crippen LogP contribution in [-0.2, 0) is 16.1 Å². The third-order valence-corrected chi connectivity index (χ3v) is 4.05. The van der Waals surface area contributed by atoms with Gasteiger partial charge in [0.25, 0.3) is 0 Å². The molecule has 0 radical (unpaired) electrons. The van der Waals surface area contributed by atoms with Crippen LogP contribution in [0.1, 0.15) is 25.0 Å². The number of rotatable bonds is 4. The van der Waals surface area contributed by atoms with E-state index in [0.29, 0.717) is 19.8 Å². The van der Waals surface area contributed by atoms with Crippen molar-refractivity contribution in [2.45, 2.75) is 34.2 Å². The van der Waals surface area contributed by atoms with E-state index in [1.807, 2.05) is 6.92 Å². The molecule has 0 aliphatic heterocycles. The van der Waals surface area contributed by atoms with Crippen LogP contribution in [0.3, 0.4) is 0 Å². The van der Waals surface area contributed by atoms with E-state index >= 15 is 0 Å². The highest BCUT2D eigenvalue weighted by atomic mass is 32.1. The van der Waals surface area contributed by atoms with Gasteiger partial charge in [0.15, 0.2) is 4.80 Å². The number of amides is 1. The molecule has 1 aromatic heterocycles. The van der Waals surface area contributed by atoms with Crippen molar-refractivity contribution >= 4 is 27.5 Å². The second-order valence-electron chi connectivity index (χ2n) is 4.79. The molecule has 0 spiro atoms. The first-order valence-corrected chi connectivity index (χ1v) is 7.58. The van der Waals surface area contributed by atoms with Crippen molar-refractivity contribution in [3.05, 3.63) is 28.1 Å². The first-order valence-electron chi connectivity index (χ1n) is 6.76. The molecule has 5 heteroatoms. The second kappa shape index (κ2) is 6.33. The van der Waals surface area contributed by atoms with Gasteiger partial charge in [-0.15, -0.1) is 0 Å². The first-order chi connectivity index (χ1) is 9.52. The van der Waals surface area contributed by atoms with E-state index in [-0.39, 0.29) is 5.91 Å². The summed E-state index contributed by atoms with van der Waals surface area (Å²) in [6.07, 6.45) is 0. The smallest absolute Gasteiger partial charge is 0.245 e. The minimum absolute atomic E-state index is 0.170. The Morgan fingerprint density at radius 3 is 2.80 bits per heavy atom. The molecular weight excluding hydrogens is 272 g/mol. The number of hydrogen-bond donors (Lipinski definition) is 0. The third kappa shape index (κ3) is 3.16. The Labute approximate surface area is 122 Å². The van der Waals surface area contributed by atoms with Crippen LogP contribution in [0.4, 0.5) is 0 Å². The van der Waals surface area contributed by atoms with Crippen LogP contribution in [0.15, 0.2) is 17.1 Å². The molecule has 1 heterocycles. The summed E-state index contributed by atoms with van der Waals surface area (Å²) in [6, 6.07) is 4.30. The fourth-order valence-electron chi connectivity index (χ4n) is 2.32. The maximum Gasteiger partial charge on any atom is 0.245 e. The number of carbonyl (C=O) groups is 1. The van der Waals surface area contributed by atoms with Crippen LogP contribution < -0.4 is 4.80 Å². The topological polar surface area (TPSA) is 43.6 Å². The summed E-state index contributed by atoms with van der Waals surface area (Å²) < 4.78 is 8.69. The van der Waals surface area contributed by atoms with Gasteiger partial charge in [-0.25, -0.2) is 0 Å². The summed E-state index contributed by atoms with van der Waals surface area (Å²) >= 11 is 1.56. The molecule has 0 saturated carbocycles. The monoisotopic (exact) mass is 292 g/mol. The van der Waals surface area contributed by atoms with E-state index in [4.69, 9.17) is 4.74 Å². The predicted octanol–water partition coefficient (Wildman–Crippen LogP) is 2.80. The van der Waals surface area contributed by atoms with Crippen molar-refractivity contribution in [3.8, 4) is 0 Å². The Morgan fingerprint density at radius 2 is 2.15 bits per heavy atom. The van der Waals surface area contributed by atoms with Gasteiger partial charge in [-0.3, -0.25) is 4.79 Å². The average molecular weight is 292 g/mol. The van der Waals surface area contributed by atoms with Gasteiger partial charge in [0.05, 0.1) is 16.8 Å². The first kappa shape index (κ1) is 14.9. The zero-order valence-corrected chi connectivity index (χ0v) is 13.2. The van der Waals surface area contributed by atoms with E-state index in [2.05, 4.69) is 35.5 Å². The maximum absolute atomic E-state index is 11.3. The zero-order valence-electron chi connectivity index (χ0n) is 12.4. The van der Waals surface area contributed by atoms with Crippen molar-refractivity contribution in [3.63, 3.8) is 0 Å². The lowest BCUT2D eigenvalue weighted by Gasteiger charge is -2.07. The lowest BCUT2D eigenvalue weighted by molar-refractivity contribution is -0.116. The zero-order chi connectivity index (χ0) is 14.7. The van der Waals surface area contributed by atoms with Crippen LogP contribution in [0, 0.1) is 13.8 Å². The van der Waals surface area contributed by atoms with Crippen LogP contribution in [-0.4, -0.2) is 23.7 Å². The van der Waals surface area contributed by atoms with Crippen LogP contribution in [0.25, 0.3) is 10.2 Å². The van der Waals surface area contributed by atoms with Crippen molar-refractivity contribution in [1.29, 1.82) is 0 Å². The normalized spacial score (nSPS) is 12.3. The molecule has 0 unspecified atom stereocenters. The van der Waals surface area contributed by atoms with Crippen molar-refractivity contribution < 1.29 is 9.53 Å². The van der Waals surface area contributed by atoms with Crippen molar-refractivity contribution in [1.82, 2.24) is 4.57 Å². The van der Waals surface area contributed by atoms with Crippen LogP contribution in [0.5, 0.6) is 0 Å². The second-order valence-corrected chi connectivity index (χ2v) is 5.80. The molecule has 108 valence electrons. The van der Waals surface area contributed by atoms with E-state index in [9.17, 15) is 4.79 Å². The van der Waals surface area contributed by atoms with Gasteiger partial charge in [0, 0.05) is 20.1 Å². The number of ether oxygens (including phenoxy) is 1. The largest absolute Gasteiger partial charge is 0.380 e. The van der Waals surface area contributed by atoms with Crippen molar-refractivity contribution in [2.24, 2.45) is 4.99 Å². The Kier molecular flexibility index (Phi) is 4.73. The SMILES string of the molecule is CCOCCn1c(=NC(C)=O)sc2cc(C)cc(C)c21. The molecule has 2 rings (SSSR count). The van der Waals surface area contributed by atoms with Gasteiger partial charge >= 0.3 is 0 Å². The quantitative estimate of drug-likeness (QED) is 0.813. The molecule has 2 aromatic rings. The molecule has 0 aliphatic rings. The summed E-state index contributed by atoms with van der Waals surface area (Å²) in [4.78, 5) is 16.2. The number of benzene rings is 1. The molecule has 1 amide bonds. The summed E-state index contributed by atoms with van der Waals surface area (Å²) in [6.45, 7) is 9.67. The number of thiazole rings is 1. The molecule has 1 aromatic carbocycles. The minimum Gasteiger partial charge on any atom is -0.380 e. The third-order valence-electron chi connectivity index (χ3n) is 3.03. The summed E-state index contributed by atoms with van der Waals surface area (Å²) in [7, 11) is 0. The van der Waals surface area contributed by atoms with E-state index in [1.54, 1.807) is 11.3 Å². The number of carbonyl (C=O) groups excluding carboxylic acids is 1. The van der Waals surface area contributed by atoms with Gasteiger partial charge in [-0.2, -0.15) is 4.99 Å². The molecule has 0 atom stereocenters. The average Bonchev–Trinajstić information content (AvgIpc) is 2.66. The van der Waals surface area contributed by atoms with Gasteiger partial charge in [-0.05, 0) is 38.0 Å². The fourth-order valence-corrected chi connectivity index (χ4v) is 3.60. The highest BCUT2D eigenvalue weighted by Crippen LogP contribution is 2.23. The standard InChI is InChI=1S/C15H20N2O2S/c1-5-19-7-6-17-14-11(3)8-10(2)9-13(14)20-15(17)16-12(4)18/h8-9H,5-7H2,1-4H3. The molecule has 0 bridgehead atoms. The molecule has 4 nitrogen and oxygen atoms in total. The highest BCUT2D eigenvalue weighted by Gasteiger charge is 2.10. The van der Waals surface area contributed by atoms with Crippen LogP contribution >= 0.6 is 11.3 Å². The van der Waals surface area contributed by atoms with Gasteiger partial charge in [-0.1, -0.05) is 17.4 Å². The number of fused-ring (bicyclic) bond motifs is 1. The molecule has 0 aliphatic carbocycles. The Bertz CT molecular complexity index is 698. The highest BCUT2D eigenvalue weighted by molar-refractivity contribution is 7.16. The van der Waals surface area contributed by atoms with E-state index in [1.165, 1.54) is 22.8 Å². The van der Waals surface area contributed by atoms with Gasteiger partial charge in [0.2, 0.25) is 5.91 Å². The fraction of sp³-hybridized carbons (Fsp3) is 0.467. The minimum atomic E-state index is -0.170. The summed E-state index contributed by atoms with van der Waals surface area (Å²) in [5, 5.41) is 0.